The van der Waals surface area contributed by atoms with Gasteiger partial charge in [-0.3, -0.25) is 4.98 Å². The number of rotatable bonds is 6. The molecule has 0 radical (unpaired) electrons. The Morgan fingerprint density at radius 3 is 2.84 bits per heavy atom. The summed E-state index contributed by atoms with van der Waals surface area (Å²) in [5.74, 6) is 0.922. The average Bonchev–Trinajstić information content (AvgIpc) is 2.85. The van der Waals surface area contributed by atoms with Gasteiger partial charge in [0.1, 0.15) is 6.61 Å². The summed E-state index contributed by atoms with van der Waals surface area (Å²) in [7, 11) is 0. The standard InChI is InChI=1S/C13H18N4O2/c1-13(2,14)12-16-11(19-17-12)9-18-8-6-10-5-3-4-7-15-10/h3-5,7H,6,8-9,14H2,1-2H3. The molecule has 0 saturated carbocycles. The molecule has 0 aliphatic carbocycles. The molecule has 0 aromatic carbocycles. The molecule has 0 spiro atoms. The maximum atomic E-state index is 5.87. The van der Waals surface area contributed by atoms with Crippen LogP contribution in [0.2, 0.25) is 0 Å². The van der Waals surface area contributed by atoms with Gasteiger partial charge in [0.15, 0.2) is 5.82 Å². The van der Waals surface area contributed by atoms with Gasteiger partial charge < -0.3 is 15.0 Å². The Hall–Kier alpha value is -1.79. The predicted molar refractivity (Wildman–Crippen MR) is 69.1 cm³/mol. The minimum Gasteiger partial charge on any atom is -0.371 e. The van der Waals surface area contributed by atoms with Gasteiger partial charge in [0, 0.05) is 18.3 Å². The quantitative estimate of drug-likeness (QED) is 0.792. The van der Waals surface area contributed by atoms with Gasteiger partial charge in [-0.2, -0.15) is 4.98 Å². The molecule has 102 valence electrons. The second-order valence-corrected chi connectivity index (χ2v) is 4.86. The number of hydrogen-bond donors (Lipinski definition) is 1. The monoisotopic (exact) mass is 262 g/mol. The van der Waals surface area contributed by atoms with E-state index in [9.17, 15) is 0 Å². The third-order valence-electron chi connectivity index (χ3n) is 2.50. The van der Waals surface area contributed by atoms with Crippen LogP contribution in [0, 0.1) is 0 Å². The molecule has 6 heteroatoms. The van der Waals surface area contributed by atoms with E-state index in [1.165, 1.54) is 0 Å². The normalized spacial score (nSPS) is 11.7. The van der Waals surface area contributed by atoms with Crippen LogP contribution in [-0.4, -0.2) is 21.7 Å². The van der Waals surface area contributed by atoms with Crippen molar-refractivity contribution in [3.05, 3.63) is 41.8 Å². The molecule has 2 heterocycles. The predicted octanol–water partition coefficient (Wildman–Crippen LogP) is 1.42. The second-order valence-electron chi connectivity index (χ2n) is 4.86. The van der Waals surface area contributed by atoms with Gasteiger partial charge in [0.05, 0.1) is 12.1 Å². The molecule has 2 rings (SSSR count). The van der Waals surface area contributed by atoms with Crippen molar-refractivity contribution in [3.63, 3.8) is 0 Å². The van der Waals surface area contributed by atoms with Crippen LogP contribution < -0.4 is 5.73 Å². The summed E-state index contributed by atoms with van der Waals surface area (Å²) in [5.41, 5.74) is 6.26. The van der Waals surface area contributed by atoms with Crippen molar-refractivity contribution >= 4 is 0 Å². The summed E-state index contributed by atoms with van der Waals surface area (Å²) < 4.78 is 10.5. The van der Waals surface area contributed by atoms with E-state index in [4.69, 9.17) is 15.0 Å². The molecule has 0 aliphatic rings. The van der Waals surface area contributed by atoms with Crippen LogP contribution in [0.3, 0.4) is 0 Å². The van der Waals surface area contributed by atoms with E-state index in [2.05, 4.69) is 15.1 Å². The topological polar surface area (TPSA) is 87.1 Å². The molecule has 6 nitrogen and oxygen atoms in total. The number of nitrogens with two attached hydrogens (primary N) is 1. The molecule has 0 fully saturated rings. The highest BCUT2D eigenvalue weighted by atomic mass is 16.5. The first kappa shape index (κ1) is 13.6. The van der Waals surface area contributed by atoms with Crippen LogP contribution in [0.25, 0.3) is 0 Å². The second kappa shape index (κ2) is 5.90. The van der Waals surface area contributed by atoms with Crippen molar-refractivity contribution in [2.24, 2.45) is 5.73 Å². The van der Waals surface area contributed by atoms with Crippen LogP contribution in [0.4, 0.5) is 0 Å². The van der Waals surface area contributed by atoms with Crippen LogP contribution in [0.15, 0.2) is 28.9 Å². The van der Waals surface area contributed by atoms with E-state index in [0.717, 1.165) is 12.1 Å². The van der Waals surface area contributed by atoms with Crippen molar-refractivity contribution < 1.29 is 9.26 Å². The number of pyridine rings is 1. The summed E-state index contributed by atoms with van der Waals surface area (Å²) in [4.78, 5) is 8.39. The minimum absolute atomic E-state index is 0.288. The largest absolute Gasteiger partial charge is 0.371 e. The summed E-state index contributed by atoms with van der Waals surface area (Å²) in [5, 5.41) is 3.82. The lowest BCUT2D eigenvalue weighted by Crippen LogP contribution is -2.30. The molecule has 0 bridgehead atoms. The smallest absolute Gasteiger partial charge is 0.252 e. The Morgan fingerprint density at radius 2 is 2.21 bits per heavy atom. The Bertz CT molecular complexity index is 505. The fraction of sp³-hybridized carbons (Fsp3) is 0.462. The van der Waals surface area contributed by atoms with Crippen LogP contribution in [-0.2, 0) is 23.3 Å². The fourth-order valence-corrected chi connectivity index (χ4v) is 1.46. The van der Waals surface area contributed by atoms with E-state index < -0.39 is 5.54 Å². The van der Waals surface area contributed by atoms with Crippen LogP contribution >= 0.6 is 0 Å². The SMILES string of the molecule is CC(C)(N)c1noc(COCCc2ccccn2)n1. The Labute approximate surface area is 112 Å². The van der Waals surface area contributed by atoms with Gasteiger partial charge in [-0.05, 0) is 26.0 Å². The third kappa shape index (κ3) is 4.11. The minimum atomic E-state index is -0.601. The Morgan fingerprint density at radius 1 is 1.37 bits per heavy atom. The first-order chi connectivity index (χ1) is 9.05. The maximum Gasteiger partial charge on any atom is 0.252 e. The fourth-order valence-electron chi connectivity index (χ4n) is 1.46. The van der Waals surface area contributed by atoms with Gasteiger partial charge in [0.25, 0.3) is 5.89 Å². The van der Waals surface area contributed by atoms with Gasteiger partial charge >= 0.3 is 0 Å². The molecule has 0 amide bonds. The molecule has 0 saturated heterocycles. The third-order valence-corrected chi connectivity index (χ3v) is 2.50. The van der Waals surface area contributed by atoms with Gasteiger partial charge in [-0.25, -0.2) is 0 Å². The molecule has 2 aromatic heterocycles. The summed E-state index contributed by atoms with van der Waals surface area (Å²) in [6.45, 7) is 4.49. The summed E-state index contributed by atoms with van der Waals surface area (Å²) in [6, 6.07) is 5.81. The first-order valence-corrected chi connectivity index (χ1v) is 6.15. The summed E-state index contributed by atoms with van der Waals surface area (Å²) in [6.07, 6.45) is 2.52. The molecule has 0 atom stereocenters. The molecule has 2 N–H and O–H groups in total. The average molecular weight is 262 g/mol. The van der Waals surface area contributed by atoms with E-state index in [-0.39, 0.29) is 6.61 Å². The van der Waals surface area contributed by atoms with E-state index in [1.54, 1.807) is 6.20 Å². The van der Waals surface area contributed by atoms with Crippen molar-refractivity contribution in [2.45, 2.75) is 32.4 Å². The summed E-state index contributed by atoms with van der Waals surface area (Å²) >= 11 is 0. The molecule has 0 aliphatic heterocycles. The lowest BCUT2D eigenvalue weighted by Gasteiger charge is -2.11. The van der Waals surface area contributed by atoms with Crippen molar-refractivity contribution in [2.75, 3.05) is 6.61 Å². The number of nitrogens with zero attached hydrogens (tertiary/aromatic N) is 3. The van der Waals surface area contributed by atoms with E-state index in [0.29, 0.717) is 18.3 Å². The zero-order valence-electron chi connectivity index (χ0n) is 11.2. The van der Waals surface area contributed by atoms with Gasteiger partial charge in [0.2, 0.25) is 0 Å². The first-order valence-electron chi connectivity index (χ1n) is 6.15. The van der Waals surface area contributed by atoms with Crippen molar-refractivity contribution in [1.82, 2.24) is 15.1 Å². The van der Waals surface area contributed by atoms with E-state index >= 15 is 0 Å². The maximum absolute atomic E-state index is 5.87. The number of aromatic nitrogens is 3. The highest BCUT2D eigenvalue weighted by molar-refractivity contribution is 5.03. The highest BCUT2D eigenvalue weighted by Gasteiger charge is 2.21. The van der Waals surface area contributed by atoms with Crippen molar-refractivity contribution in [3.8, 4) is 0 Å². The molecule has 2 aromatic rings. The van der Waals surface area contributed by atoms with E-state index in [1.807, 2.05) is 32.0 Å². The molecule has 0 unspecified atom stereocenters. The van der Waals surface area contributed by atoms with Gasteiger partial charge in [-0.1, -0.05) is 11.2 Å². The number of ether oxygens (including phenoxy) is 1. The zero-order chi connectivity index (χ0) is 13.7. The Kier molecular flexibility index (Phi) is 4.24. The molecular weight excluding hydrogens is 244 g/mol. The lowest BCUT2D eigenvalue weighted by atomic mass is 10.1. The molecular formula is C13H18N4O2. The van der Waals surface area contributed by atoms with Crippen LogP contribution in [0.5, 0.6) is 0 Å². The van der Waals surface area contributed by atoms with Crippen molar-refractivity contribution in [1.29, 1.82) is 0 Å². The van der Waals surface area contributed by atoms with Gasteiger partial charge in [-0.15, -0.1) is 0 Å². The molecule has 19 heavy (non-hydrogen) atoms. The number of hydrogen-bond acceptors (Lipinski definition) is 6. The zero-order valence-corrected chi connectivity index (χ0v) is 11.2. The lowest BCUT2D eigenvalue weighted by molar-refractivity contribution is 0.0996. The highest BCUT2D eigenvalue weighted by Crippen LogP contribution is 2.12. The Balaban J connectivity index is 1.76. The van der Waals surface area contributed by atoms with Crippen LogP contribution in [0.1, 0.15) is 31.3 Å².